The van der Waals surface area contributed by atoms with E-state index in [-0.39, 0.29) is 11.1 Å². The largest absolute Gasteiger partial charge is 0.451 e. The van der Waals surface area contributed by atoms with Crippen LogP contribution in [-0.4, -0.2) is 49.4 Å². The van der Waals surface area contributed by atoms with E-state index in [4.69, 9.17) is 9.47 Å². The Bertz CT molecular complexity index is 1170. The summed E-state index contributed by atoms with van der Waals surface area (Å²) in [7, 11) is -5.49. The Morgan fingerprint density at radius 3 is 1.49 bits per heavy atom. The lowest BCUT2D eigenvalue weighted by Gasteiger charge is -2.41. The van der Waals surface area contributed by atoms with Gasteiger partial charge in [0.2, 0.25) is 0 Å². The van der Waals surface area contributed by atoms with Crippen LogP contribution in [0.3, 0.4) is 0 Å². The molecule has 2 rings (SSSR count). The molecule has 0 radical (unpaired) electrons. The Hall–Kier alpha value is -2.71. The minimum absolute atomic E-state index is 0.100. The third-order valence-corrected chi connectivity index (χ3v) is 9.31. The average molecular weight is 676 g/mol. The first kappa shape index (κ1) is 40.5. The van der Waals surface area contributed by atoms with Gasteiger partial charge in [-0.3, -0.25) is 0 Å². The summed E-state index contributed by atoms with van der Waals surface area (Å²) in [6, 6.07) is 17.9. The van der Waals surface area contributed by atoms with Gasteiger partial charge in [-0.1, -0.05) is 157 Å². The minimum atomic E-state index is -5.49. The molecule has 3 N–H and O–H groups in total. The van der Waals surface area contributed by atoms with Gasteiger partial charge in [0, 0.05) is 0 Å². The smallest absolute Gasteiger partial charge is 0.436 e. The second kappa shape index (κ2) is 20.6. The van der Waals surface area contributed by atoms with Crippen molar-refractivity contribution in [2.24, 2.45) is 0 Å². The summed E-state index contributed by atoms with van der Waals surface area (Å²) in [6.07, 6.45) is 12.8. The Morgan fingerprint density at radius 1 is 0.723 bits per heavy atom. The molecule has 264 valence electrons. The number of nitrogens with zero attached hydrogens (tertiary/aromatic N) is 1. The van der Waals surface area contributed by atoms with Crippen LogP contribution in [0.15, 0.2) is 60.7 Å². The van der Waals surface area contributed by atoms with Crippen molar-refractivity contribution in [3.8, 4) is 0 Å². The number of rotatable bonds is 22. The lowest BCUT2D eigenvalue weighted by Crippen LogP contribution is -2.59. The third kappa shape index (κ3) is 14.1. The zero-order valence-electron chi connectivity index (χ0n) is 28.9. The topological polar surface area (TPSA) is 134 Å². The molecule has 10 heteroatoms. The molecular weight excluding hydrogens is 617 g/mol. The highest BCUT2D eigenvalue weighted by molar-refractivity contribution is 7.50. The van der Waals surface area contributed by atoms with Crippen LogP contribution in [0.4, 0.5) is 4.79 Å². The SMILES string of the molecule is CCCCCCCCCCCCCCCC[C@](CO)(C(=O)OC(c1ccccc1)c1ccccc1)N(C(=O)OC(C)(C)C)P(=O)(O)O. The Labute approximate surface area is 282 Å². The molecule has 0 aliphatic carbocycles. The minimum Gasteiger partial charge on any atom is -0.451 e. The molecule has 0 unspecified atom stereocenters. The maximum absolute atomic E-state index is 14.2. The number of unbranched alkanes of at least 4 members (excludes halogenated alkanes) is 13. The summed E-state index contributed by atoms with van der Waals surface area (Å²) in [5.74, 6) is -1.12. The lowest BCUT2D eigenvalue weighted by atomic mass is 9.91. The molecule has 0 aromatic heterocycles. The monoisotopic (exact) mass is 675 g/mol. The lowest BCUT2D eigenvalue weighted by molar-refractivity contribution is -0.163. The van der Waals surface area contributed by atoms with E-state index in [1.165, 1.54) is 51.4 Å². The maximum Gasteiger partial charge on any atom is 0.436 e. The van der Waals surface area contributed by atoms with E-state index in [2.05, 4.69) is 6.92 Å². The average Bonchev–Trinajstić information content (AvgIpc) is 3.02. The van der Waals surface area contributed by atoms with Crippen molar-refractivity contribution in [3.05, 3.63) is 71.8 Å². The van der Waals surface area contributed by atoms with Crippen LogP contribution in [0.1, 0.15) is 141 Å². The van der Waals surface area contributed by atoms with E-state index < -0.39 is 43.7 Å². The van der Waals surface area contributed by atoms with E-state index in [1.807, 2.05) is 12.1 Å². The van der Waals surface area contributed by atoms with Gasteiger partial charge in [-0.25, -0.2) is 14.2 Å². The first-order valence-corrected chi connectivity index (χ1v) is 18.9. The summed E-state index contributed by atoms with van der Waals surface area (Å²) >= 11 is 0. The van der Waals surface area contributed by atoms with Gasteiger partial charge in [0.25, 0.3) is 0 Å². The summed E-state index contributed by atoms with van der Waals surface area (Å²) in [4.78, 5) is 48.5. The number of benzene rings is 2. The summed E-state index contributed by atoms with van der Waals surface area (Å²) < 4.78 is 24.4. The van der Waals surface area contributed by atoms with Crippen molar-refractivity contribution in [2.75, 3.05) is 6.61 Å². The van der Waals surface area contributed by atoms with E-state index in [0.29, 0.717) is 24.0 Å². The number of aliphatic hydroxyl groups excluding tert-OH is 1. The Morgan fingerprint density at radius 2 is 1.13 bits per heavy atom. The highest BCUT2D eigenvalue weighted by Crippen LogP contribution is 2.49. The Balaban J connectivity index is 2.20. The van der Waals surface area contributed by atoms with Gasteiger partial charge in [0.1, 0.15) is 5.60 Å². The predicted molar refractivity (Wildman–Crippen MR) is 186 cm³/mol. The molecule has 9 nitrogen and oxygen atoms in total. The van der Waals surface area contributed by atoms with Crippen molar-refractivity contribution in [1.29, 1.82) is 0 Å². The zero-order chi connectivity index (χ0) is 34.8. The second-order valence-corrected chi connectivity index (χ2v) is 14.9. The fourth-order valence-corrected chi connectivity index (χ4v) is 6.75. The molecule has 2 aromatic carbocycles. The molecule has 0 saturated heterocycles. The molecule has 2 aromatic rings. The van der Waals surface area contributed by atoms with Crippen LogP contribution in [0.2, 0.25) is 0 Å². The van der Waals surface area contributed by atoms with Gasteiger partial charge in [-0.15, -0.1) is 0 Å². The molecule has 0 fully saturated rings. The van der Waals surface area contributed by atoms with Crippen molar-refractivity contribution >= 4 is 19.8 Å². The second-order valence-electron chi connectivity index (χ2n) is 13.4. The van der Waals surface area contributed by atoms with Crippen LogP contribution >= 0.6 is 7.75 Å². The summed E-state index contributed by atoms with van der Waals surface area (Å²) in [5, 5.41) is 10.8. The Kier molecular flexibility index (Phi) is 17.7. The molecule has 0 aliphatic heterocycles. The maximum atomic E-state index is 14.2. The van der Waals surface area contributed by atoms with Crippen LogP contribution in [0.25, 0.3) is 0 Å². The molecular formula is C37H58NO8P. The van der Waals surface area contributed by atoms with Crippen molar-refractivity contribution in [3.63, 3.8) is 0 Å². The quantitative estimate of drug-likeness (QED) is 0.0639. The molecule has 0 saturated carbocycles. The number of carbonyl (C=O) groups is 2. The van der Waals surface area contributed by atoms with Gasteiger partial charge < -0.3 is 24.4 Å². The van der Waals surface area contributed by atoms with Crippen molar-refractivity contribution in [1.82, 2.24) is 4.67 Å². The number of amides is 1. The molecule has 47 heavy (non-hydrogen) atoms. The van der Waals surface area contributed by atoms with Crippen LogP contribution < -0.4 is 0 Å². The highest BCUT2D eigenvalue weighted by atomic mass is 31.2. The summed E-state index contributed by atoms with van der Waals surface area (Å²) in [6.45, 7) is 5.82. The number of carbonyl (C=O) groups excluding carboxylic acids is 2. The van der Waals surface area contributed by atoms with E-state index >= 15 is 0 Å². The summed E-state index contributed by atoms with van der Waals surface area (Å²) in [5.41, 5.74) is -2.27. The van der Waals surface area contributed by atoms with Crippen LogP contribution in [0.5, 0.6) is 0 Å². The molecule has 0 aliphatic rings. The van der Waals surface area contributed by atoms with Crippen molar-refractivity contribution in [2.45, 2.75) is 141 Å². The molecule has 0 bridgehead atoms. The van der Waals surface area contributed by atoms with E-state index in [0.717, 1.165) is 25.7 Å². The molecule has 1 amide bonds. The fourth-order valence-electron chi connectivity index (χ4n) is 5.75. The van der Waals surface area contributed by atoms with Crippen LogP contribution in [-0.2, 0) is 18.8 Å². The number of hydrogen-bond donors (Lipinski definition) is 3. The molecule has 0 heterocycles. The first-order valence-electron chi connectivity index (χ1n) is 17.4. The highest BCUT2D eigenvalue weighted by Gasteiger charge is 2.56. The van der Waals surface area contributed by atoms with Gasteiger partial charge in [0.05, 0.1) is 6.61 Å². The van der Waals surface area contributed by atoms with Gasteiger partial charge >= 0.3 is 19.8 Å². The number of hydrogen-bond acceptors (Lipinski definition) is 6. The predicted octanol–water partition coefficient (Wildman–Crippen LogP) is 9.25. The van der Waals surface area contributed by atoms with Crippen LogP contribution in [0, 0.1) is 0 Å². The van der Waals surface area contributed by atoms with Gasteiger partial charge in [-0.2, -0.15) is 4.67 Å². The zero-order valence-corrected chi connectivity index (χ0v) is 29.8. The third-order valence-electron chi connectivity index (χ3n) is 8.25. The molecule has 1 atom stereocenters. The standard InChI is InChI=1S/C37H58NO8P/c1-5-6-7-8-9-10-11-12-13-14-15-16-17-24-29-37(30-39,38(47(42,43)44)35(41)46-36(2,3)4)34(40)45-33(31-25-20-18-21-26-31)32-27-22-19-23-28-32/h18-23,25-28,33,39H,5-17,24,29-30H2,1-4H3,(H2,42,43,44)/t37-/m0/s1. The normalized spacial score (nSPS) is 13.3. The number of esters is 1. The van der Waals surface area contributed by atoms with Gasteiger partial charge in [-0.05, 0) is 38.3 Å². The van der Waals surface area contributed by atoms with E-state index in [9.17, 15) is 29.0 Å². The fraction of sp³-hybridized carbons (Fsp3) is 0.622. The number of ether oxygens (including phenoxy) is 2. The molecule has 0 spiro atoms. The van der Waals surface area contributed by atoms with E-state index in [1.54, 1.807) is 69.3 Å². The first-order chi connectivity index (χ1) is 22.4. The van der Waals surface area contributed by atoms with Gasteiger partial charge in [0.15, 0.2) is 11.6 Å². The van der Waals surface area contributed by atoms with Crippen molar-refractivity contribution < 1.29 is 38.5 Å². The number of aliphatic hydroxyl groups is 1.